The van der Waals surface area contributed by atoms with Crippen LogP contribution in [0.25, 0.3) is 0 Å². The third-order valence-electron chi connectivity index (χ3n) is 3.15. The summed E-state index contributed by atoms with van der Waals surface area (Å²) < 4.78 is 5.34. The Kier molecular flexibility index (Phi) is 4.55. The Labute approximate surface area is 112 Å². The SMILES string of the molecule is CCN(C[C@H]1CCOC1)C(=O)c1ccnc(Cl)c1. The summed E-state index contributed by atoms with van der Waals surface area (Å²) in [7, 11) is 0. The normalized spacial score (nSPS) is 18.9. The molecule has 1 amide bonds. The van der Waals surface area contributed by atoms with Crippen molar-refractivity contribution in [3.63, 3.8) is 0 Å². The fraction of sp³-hybridized carbons (Fsp3) is 0.538. The molecule has 0 radical (unpaired) electrons. The fourth-order valence-electron chi connectivity index (χ4n) is 2.11. The van der Waals surface area contributed by atoms with Crippen LogP contribution >= 0.6 is 11.6 Å². The molecule has 5 heteroatoms. The summed E-state index contributed by atoms with van der Waals surface area (Å²) in [5.41, 5.74) is 0.593. The standard InChI is InChI=1S/C13H17ClN2O2/c1-2-16(8-10-4-6-18-9-10)13(17)11-3-5-15-12(14)7-11/h3,5,7,10H,2,4,6,8-9H2,1H3/t10-/m1/s1. The molecule has 1 atom stereocenters. The van der Waals surface area contributed by atoms with Crippen LogP contribution in [0.5, 0.6) is 0 Å². The number of halogens is 1. The number of amides is 1. The Morgan fingerprint density at radius 3 is 3.11 bits per heavy atom. The number of nitrogens with zero attached hydrogens (tertiary/aromatic N) is 2. The Morgan fingerprint density at radius 1 is 1.67 bits per heavy atom. The predicted molar refractivity (Wildman–Crippen MR) is 69.8 cm³/mol. The topological polar surface area (TPSA) is 42.4 Å². The largest absolute Gasteiger partial charge is 0.381 e. The first kappa shape index (κ1) is 13.3. The van der Waals surface area contributed by atoms with E-state index in [2.05, 4.69) is 4.98 Å². The molecule has 0 unspecified atom stereocenters. The maximum absolute atomic E-state index is 12.3. The third-order valence-corrected chi connectivity index (χ3v) is 3.35. The van der Waals surface area contributed by atoms with Gasteiger partial charge in [-0.3, -0.25) is 4.79 Å². The summed E-state index contributed by atoms with van der Waals surface area (Å²) in [4.78, 5) is 18.0. The number of hydrogen-bond acceptors (Lipinski definition) is 3. The van der Waals surface area contributed by atoms with Gasteiger partial charge in [0.1, 0.15) is 5.15 Å². The van der Waals surface area contributed by atoms with Crippen LogP contribution in [0.2, 0.25) is 5.15 Å². The lowest BCUT2D eigenvalue weighted by atomic mass is 10.1. The van der Waals surface area contributed by atoms with Gasteiger partial charge in [-0.25, -0.2) is 4.98 Å². The van der Waals surface area contributed by atoms with Crippen LogP contribution in [-0.4, -0.2) is 42.1 Å². The Hall–Kier alpha value is -1.13. The summed E-state index contributed by atoms with van der Waals surface area (Å²) >= 11 is 5.81. The van der Waals surface area contributed by atoms with E-state index in [9.17, 15) is 4.79 Å². The average Bonchev–Trinajstić information content (AvgIpc) is 2.88. The minimum atomic E-state index is 0.00806. The minimum absolute atomic E-state index is 0.00806. The van der Waals surface area contributed by atoms with Gasteiger partial charge in [0.2, 0.25) is 0 Å². The first-order valence-electron chi connectivity index (χ1n) is 6.19. The minimum Gasteiger partial charge on any atom is -0.381 e. The van der Waals surface area contributed by atoms with E-state index < -0.39 is 0 Å². The maximum atomic E-state index is 12.3. The van der Waals surface area contributed by atoms with Crippen LogP contribution in [0.1, 0.15) is 23.7 Å². The lowest BCUT2D eigenvalue weighted by molar-refractivity contribution is 0.0730. The molecule has 0 saturated carbocycles. The smallest absolute Gasteiger partial charge is 0.254 e. The third kappa shape index (κ3) is 3.21. The van der Waals surface area contributed by atoms with Crippen LogP contribution in [-0.2, 0) is 4.74 Å². The Balaban J connectivity index is 2.04. The monoisotopic (exact) mass is 268 g/mol. The van der Waals surface area contributed by atoms with Gasteiger partial charge in [-0.05, 0) is 25.5 Å². The second-order valence-electron chi connectivity index (χ2n) is 4.44. The number of pyridine rings is 1. The van der Waals surface area contributed by atoms with E-state index in [0.717, 1.165) is 26.2 Å². The van der Waals surface area contributed by atoms with E-state index in [4.69, 9.17) is 16.3 Å². The zero-order valence-corrected chi connectivity index (χ0v) is 11.2. The van der Waals surface area contributed by atoms with Crippen LogP contribution in [0.4, 0.5) is 0 Å². The van der Waals surface area contributed by atoms with E-state index in [1.807, 2.05) is 11.8 Å². The molecule has 0 N–H and O–H groups in total. The molecule has 2 rings (SSSR count). The van der Waals surface area contributed by atoms with E-state index in [0.29, 0.717) is 23.2 Å². The molecule has 18 heavy (non-hydrogen) atoms. The van der Waals surface area contributed by atoms with Crippen molar-refractivity contribution in [2.24, 2.45) is 5.92 Å². The quantitative estimate of drug-likeness (QED) is 0.787. The first-order chi connectivity index (χ1) is 8.70. The molecule has 0 bridgehead atoms. The zero-order valence-electron chi connectivity index (χ0n) is 10.4. The highest BCUT2D eigenvalue weighted by Gasteiger charge is 2.22. The van der Waals surface area contributed by atoms with Crippen LogP contribution < -0.4 is 0 Å². The molecule has 1 aromatic rings. The van der Waals surface area contributed by atoms with Crippen molar-refractivity contribution in [2.75, 3.05) is 26.3 Å². The first-order valence-corrected chi connectivity index (χ1v) is 6.57. The second-order valence-corrected chi connectivity index (χ2v) is 4.83. The van der Waals surface area contributed by atoms with Crippen LogP contribution in [0.3, 0.4) is 0 Å². The van der Waals surface area contributed by atoms with Gasteiger partial charge >= 0.3 is 0 Å². The summed E-state index contributed by atoms with van der Waals surface area (Å²) in [6.45, 7) is 4.97. The molecule has 1 aliphatic heterocycles. The van der Waals surface area contributed by atoms with E-state index in [1.54, 1.807) is 18.3 Å². The van der Waals surface area contributed by atoms with Crippen molar-refractivity contribution in [3.8, 4) is 0 Å². The molecule has 1 fully saturated rings. The predicted octanol–water partition coefficient (Wildman–Crippen LogP) is 2.23. The highest BCUT2D eigenvalue weighted by Crippen LogP contribution is 2.16. The number of hydrogen-bond donors (Lipinski definition) is 0. The summed E-state index contributed by atoms with van der Waals surface area (Å²) in [6, 6.07) is 3.31. The fourth-order valence-corrected chi connectivity index (χ4v) is 2.29. The number of ether oxygens (including phenoxy) is 1. The van der Waals surface area contributed by atoms with Gasteiger partial charge in [-0.2, -0.15) is 0 Å². The lowest BCUT2D eigenvalue weighted by Crippen LogP contribution is -2.35. The Bertz CT molecular complexity index is 419. The lowest BCUT2D eigenvalue weighted by Gasteiger charge is -2.23. The molecule has 1 saturated heterocycles. The Morgan fingerprint density at radius 2 is 2.50 bits per heavy atom. The number of aromatic nitrogens is 1. The molecule has 1 aromatic heterocycles. The van der Waals surface area contributed by atoms with Crippen molar-refractivity contribution in [1.29, 1.82) is 0 Å². The van der Waals surface area contributed by atoms with Crippen LogP contribution in [0.15, 0.2) is 18.3 Å². The molecule has 4 nitrogen and oxygen atoms in total. The highest BCUT2D eigenvalue weighted by atomic mass is 35.5. The van der Waals surface area contributed by atoms with Crippen molar-refractivity contribution in [3.05, 3.63) is 29.0 Å². The van der Waals surface area contributed by atoms with Crippen molar-refractivity contribution in [2.45, 2.75) is 13.3 Å². The van der Waals surface area contributed by atoms with Gasteiger partial charge in [0.05, 0.1) is 6.61 Å². The molecule has 0 aromatic carbocycles. The van der Waals surface area contributed by atoms with Gasteiger partial charge in [0, 0.05) is 37.4 Å². The molecule has 98 valence electrons. The molecule has 0 spiro atoms. The number of carbonyl (C=O) groups is 1. The van der Waals surface area contributed by atoms with Crippen molar-refractivity contribution in [1.82, 2.24) is 9.88 Å². The molecular weight excluding hydrogens is 252 g/mol. The summed E-state index contributed by atoms with van der Waals surface area (Å²) in [5.74, 6) is 0.458. The average molecular weight is 269 g/mol. The van der Waals surface area contributed by atoms with Gasteiger partial charge in [-0.15, -0.1) is 0 Å². The molecule has 0 aliphatic carbocycles. The van der Waals surface area contributed by atoms with Crippen LogP contribution in [0, 0.1) is 5.92 Å². The molecule has 1 aliphatic rings. The molecular formula is C13H17ClN2O2. The summed E-state index contributed by atoms with van der Waals surface area (Å²) in [6.07, 6.45) is 2.59. The van der Waals surface area contributed by atoms with Crippen molar-refractivity contribution < 1.29 is 9.53 Å². The summed E-state index contributed by atoms with van der Waals surface area (Å²) in [5, 5.41) is 0.348. The molecule has 2 heterocycles. The van der Waals surface area contributed by atoms with E-state index in [-0.39, 0.29) is 5.91 Å². The second kappa shape index (κ2) is 6.16. The van der Waals surface area contributed by atoms with E-state index in [1.165, 1.54) is 0 Å². The highest BCUT2D eigenvalue weighted by molar-refractivity contribution is 6.29. The maximum Gasteiger partial charge on any atom is 0.254 e. The van der Waals surface area contributed by atoms with Gasteiger partial charge in [-0.1, -0.05) is 11.6 Å². The van der Waals surface area contributed by atoms with Gasteiger partial charge in [0.25, 0.3) is 5.91 Å². The van der Waals surface area contributed by atoms with Gasteiger partial charge < -0.3 is 9.64 Å². The van der Waals surface area contributed by atoms with E-state index >= 15 is 0 Å². The zero-order chi connectivity index (χ0) is 13.0. The number of carbonyl (C=O) groups excluding carboxylic acids is 1. The number of rotatable bonds is 4. The van der Waals surface area contributed by atoms with Gasteiger partial charge in [0.15, 0.2) is 0 Å². The van der Waals surface area contributed by atoms with Crippen molar-refractivity contribution >= 4 is 17.5 Å².